The van der Waals surface area contributed by atoms with E-state index in [0.29, 0.717) is 33.5 Å². The number of anilines is 1. The highest BCUT2D eigenvalue weighted by molar-refractivity contribution is 6.06. The van der Waals surface area contributed by atoms with Crippen molar-refractivity contribution >= 4 is 28.7 Å². The molecule has 0 spiro atoms. The van der Waals surface area contributed by atoms with Crippen molar-refractivity contribution in [3.8, 4) is 0 Å². The minimum Gasteiger partial charge on any atom is -0.462 e. The van der Waals surface area contributed by atoms with Crippen molar-refractivity contribution in [2.45, 2.75) is 13.5 Å². The molecule has 3 aromatic carbocycles. The van der Waals surface area contributed by atoms with Crippen molar-refractivity contribution in [1.82, 2.24) is 4.57 Å². The van der Waals surface area contributed by atoms with Crippen LogP contribution in [0, 0.1) is 5.82 Å². The van der Waals surface area contributed by atoms with Crippen LogP contribution in [0.5, 0.6) is 0 Å². The second kappa shape index (κ2) is 8.89. The predicted molar refractivity (Wildman–Crippen MR) is 116 cm³/mol. The third-order valence-corrected chi connectivity index (χ3v) is 4.82. The van der Waals surface area contributed by atoms with Gasteiger partial charge >= 0.3 is 11.7 Å². The van der Waals surface area contributed by atoms with Gasteiger partial charge in [-0.1, -0.05) is 18.2 Å². The number of ether oxygens (including phenoxy) is 1. The fourth-order valence-corrected chi connectivity index (χ4v) is 3.27. The summed E-state index contributed by atoms with van der Waals surface area (Å²) in [4.78, 5) is 37.0. The second-order valence-corrected chi connectivity index (χ2v) is 7.02. The number of hydrogen-bond acceptors (Lipinski definition) is 5. The average Bonchev–Trinajstić information content (AvgIpc) is 3.10. The number of amides is 1. The van der Waals surface area contributed by atoms with Crippen LogP contribution in [0.3, 0.4) is 0 Å². The van der Waals surface area contributed by atoms with E-state index in [1.165, 1.54) is 28.8 Å². The Morgan fingerprint density at radius 2 is 1.81 bits per heavy atom. The van der Waals surface area contributed by atoms with E-state index in [1.807, 2.05) is 0 Å². The molecule has 0 radical (unpaired) electrons. The van der Waals surface area contributed by atoms with Crippen LogP contribution in [0.25, 0.3) is 11.1 Å². The molecule has 0 bridgehead atoms. The molecular formula is C24H19FN2O5. The van der Waals surface area contributed by atoms with E-state index < -0.39 is 17.6 Å². The Morgan fingerprint density at radius 1 is 1.03 bits per heavy atom. The number of benzene rings is 3. The molecule has 8 heteroatoms. The minimum absolute atomic E-state index is 0.165. The van der Waals surface area contributed by atoms with E-state index in [-0.39, 0.29) is 19.0 Å². The molecule has 4 rings (SSSR count). The number of nitrogens with one attached hydrogen (secondary N) is 1. The van der Waals surface area contributed by atoms with Crippen molar-refractivity contribution in [2.75, 3.05) is 11.9 Å². The van der Waals surface area contributed by atoms with Crippen LogP contribution in [-0.4, -0.2) is 23.1 Å². The Kier molecular flexibility index (Phi) is 5.85. The van der Waals surface area contributed by atoms with Gasteiger partial charge in [0.05, 0.1) is 24.2 Å². The normalized spacial score (nSPS) is 10.8. The number of oxazole rings is 1. The number of aromatic nitrogens is 1. The summed E-state index contributed by atoms with van der Waals surface area (Å²) < 4.78 is 24.8. The van der Waals surface area contributed by atoms with Crippen LogP contribution in [-0.2, 0) is 11.3 Å². The molecule has 0 aliphatic rings. The summed E-state index contributed by atoms with van der Waals surface area (Å²) >= 11 is 0. The summed E-state index contributed by atoms with van der Waals surface area (Å²) in [5.74, 6) is -1.85. The zero-order valence-corrected chi connectivity index (χ0v) is 17.1. The van der Waals surface area contributed by atoms with Crippen LogP contribution in [0.4, 0.5) is 10.1 Å². The Morgan fingerprint density at radius 3 is 2.56 bits per heavy atom. The topological polar surface area (TPSA) is 90.5 Å². The maximum atomic E-state index is 13.2. The molecule has 4 aromatic rings. The smallest absolute Gasteiger partial charge is 0.420 e. The Bertz CT molecular complexity index is 1360. The van der Waals surface area contributed by atoms with Gasteiger partial charge < -0.3 is 14.5 Å². The summed E-state index contributed by atoms with van der Waals surface area (Å²) in [6.07, 6.45) is 0. The highest BCUT2D eigenvalue weighted by Gasteiger charge is 2.15. The molecule has 1 N–H and O–H groups in total. The predicted octanol–water partition coefficient (Wildman–Crippen LogP) is 4.21. The lowest BCUT2D eigenvalue weighted by atomic mass is 10.1. The standard InChI is InChI=1S/C24H19FN2O5/c1-2-31-23(29)17-4-3-5-19(12-17)26-22(28)16-8-11-21-20(13-16)27(24(30)32-21)14-15-6-9-18(25)10-7-15/h3-13H,2,14H2,1H3,(H,26,28). The second-order valence-electron chi connectivity index (χ2n) is 7.02. The van der Waals surface area contributed by atoms with Crippen LogP contribution < -0.4 is 11.1 Å². The van der Waals surface area contributed by atoms with E-state index in [2.05, 4.69) is 5.32 Å². The highest BCUT2D eigenvalue weighted by atomic mass is 19.1. The molecule has 1 aromatic heterocycles. The molecule has 1 amide bonds. The lowest BCUT2D eigenvalue weighted by molar-refractivity contribution is 0.0526. The van der Waals surface area contributed by atoms with Crippen LogP contribution >= 0.6 is 0 Å². The van der Waals surface area contributed by atoms with Gasteiger partial charge in [0, 0.05) is 11.3 Å². The van der Waals surface area contributed by atoms with Gasteiger partial charge in [0.15, 0.2) is 5.58 Å². The molecule has 0 saturated heterocycles. The van der Waals surface area contributed by atoms with E-state index in [4.69, 9.17) is 9.15 Å². The molecular weight excluding hydrogens is 415 g/mol. The Hall–Kier alpha value is -4.20. The number of rotatable bonds is 6. The number of esters is 1. The first-order valence-corrected chi connectivity index (χ1v) is 9.91. The Balaban J connectivity index is 1.60. The van der Waals surface area contributed by atoms with Gasteiger partial charge in [-0.05, 0) is 61.0 Å². The molecule has 0 atom stereocenters. The molecule has 0 aliphatic heterocycles. The van der Waals surface area contributed by atoms with Gasteiger partial charge in [0.1, 0.15) is 5.82 Å². The van der Waals surface area contributed by atoms with Crippen molar-refractivity contribution in [3.63, 3.8) is 0 Å². The van der Waals surface area contributed by atoms with E-state index in [9.17, 15) is 18.8 Å². The number of carbonyl (C=O) groups is 2. The average molecular weight is 434 g/mol. The first-order valence-electron chi connectivity index (χ1n) is 9.91. The lowest BCUT2D eigenvalue weighted by Crippen LogP contribution is -2.16. The van der Waals surface area contributed by atoms with Crippen molar-refractivity contribution < 1.29 is 23.1 Å². The maximum Gasteiger partial charge on any atom is 0.420 e. The van der Waals surface area contributed by atoms with Crippen LogP contribution in [0.2, 0.25) is 0 Å². The molecule has 32 heavy (non-hydrogen) atoms. The van der Waals surface area contributed by atoms with Gasteiger partial charge in [0.2, 0.25) is 0 Å². The van der Waals surface area contributed by atoms with E-state index in [0.717, 1.165) is 0 Å². The van der Waals surface area contributed by atoms with Gasteiger partial charge in [-0.15, -0.1) is 0 Å². The number of fused-ring (bicyclic) bond motifs is 1. The van der Waals surface area contributed by atoms with Crippen molar-refractivity contribution in [2.24, 2.45) is 0 Å². The number of nitrogens with zero attached hydrogens (tertiary/aromatic N) is 1. The minimum atomic E-state index is -0.580. The number of carbonyl (C=O) groups excluding carboxylic acids is 2. The van der Waals surface area contributed by atoms with E-state index in [1.54, 1.807) is 49.4 Å². The third kappa shape index (κ3) is 4.44. The van der Waals surface area contributed by atoms with Gasteiger partial charge in [-0.25, -0.2) is 14.0 Å². The molecule has 0 unspecified atom stereocenters. The molecule has 162 valence electrons. The quantitative estimate of drug-likeness (QED) is 0.459. The monoisotopic (exact) mass is 434 g/mol. The van der Waals surface area contributed by atoms with Crippen molar-refractivity contribution in [3.05, 3.63) is 99.8 Å². The zero-order chi connectivity index (χ0) is 22.7. The first-order chi connectivity index (χ1) is 15.4. The summed E-state index contributed by atoms with van der Waals surface area (Å²) in [6, 6.07) is 16.8. The molecule has 0 saturated carbocycles. The van der Waals surface area contributed by atoms with Crippen LogP contribution in [0.1, 0.15) is 33.2 Å². The fraction of sp³-hybridized carbons (Fsp3) is 0.125. The zero-order valence-electron chi connectivity index (χ0n) is 17.1. The van der Waals surface area contributed by atoms with Crippen LogP contribution in [0.15, 0.2) is 75.9 Å². The Labute approximate surface area is 182 Å². The first kappa shape index (κ1) is 21.0. The number of hydrogen-bond donors (Lipinski definition) is 1. The molecule has 0 aliphatic carbocycles. The summed E-state index contributed by atoms with van der Waals surface area (Å²) in [5.41, 5.74) is 2.53. The maximum absolute atomic E-state index is 13.2. The number of halogens is 1. The third-order valence-electron chi connectivity index (χ3n) is 4.82. The van der Waals surface area contributed by atoms with Gasteiger partial charge in [-0.2, -0.15) is 0 Å². The lowest BCUT2D eigenvalue weighted by Gasteiger charge is -2.08. The molecule has 7 nitrogen and oxygen atoms in total. The molecule has 1 heterocycles. The fourth-order valence-electron chi connectivity index (χ4n) is 3.27. The summed E-state index contributed by atoms with van der Waals surface area (Å²) in [7, 11) is 0. The largest absolute Gasteiger partial charge is 0.462 e. The SMILES string of the molecule is CCOC(=O)c1cccc(NC(=O)c2ccc3oc(=O)n(Cc4ccc(F)cc4)c3c2)c1. The van der Waals surface area contributed by atoms with Crippen molar-refractivity contribution in [1.29, 1.82) is 0 Å². The summed E-state index contributed by atoms with van der Waals surface area (Å²) in [6.45, 7) is 2.13. The van der Waals surface area contributed by atoms with Gasteiger partial charge in [0.25, 0.3) is 5.91 Å². The van der Waals surface area contributed by atoms with Gasteiger partial charge in [-0.3, -0.25) is 9.36 Å². The highest BCUT2D eigenvalue weighted by Crippen LogP contribution is 2.19. The van der Waals surface area contributed by atoms with E-state index >= 15 is 0 Å². The summed E-state index contributed by atoms with van der Waals surface area (Å²) in [5, 5.41) is 2.74. The molecule has 0 fully saturated rings.